The van der Waals surface area contributed by atoms with Crippen LogP contribution in [0.15, 0.2) is 73.3 Å². The molecule has 1 heterocycles. The first-order valence-electron chi connectivity index (χ1n) is 11.6. The molecule has 34 heavy (non-hydrogen) atoms. The van der Waals surface area contributed by atoms with Crippen LogP contribution in [0.4, 0.5) is 0 Å². The molecule has 3 unspecified atom stereocenters. The minimum atomic E-state index is -0.263. The molecular weight excluding hydrogens is 432 g/mol. The number of ether oxygens (including phenoxy) is 4. The summed E-state index contributed by atoms with van der Waals surface area (Å²) in [5.74, 6) is -0.515. The third-order valence-corrected chi connectivity index (χ3v) is 5.48. The van der Waals surface area contributed by atoms with Gasteiger partial charge in [-0.3, -0.25) is 4.79 Å². The summed E-state index contributed by atoms with van der Waals surface area (Å²) in [4.78, 5) is 11.4. The Balaban J connectivity index is 0.000000240. The van der Waals surface area contributed by atoms with Crippen LogP contribution in [-0.2, 0) is 37.0 Å². The van der Waals surface area contributed by atoms with Gasteiger partial charge in [0, 0.05) is 5.41 Å². The highest BCUT2D eigenvalue weighted by Crippen LogP contribution is 2.29. The Morgan fingerprint density at radius 3 is 2.15 bits per heavy atom. The van der Waals surface area contributed by atoms with Crippen molar-refractivity contribution in [2.45, 2.75) is 39.1 Å². The van der Waals surface area contributed by atoms with E-state index in [2.05, 4.69) is 6.58 Å². The van der Waals surface area contributed by atoms with Gasteiger partial charge in [0.1, 0.15) is 0 Å². The van der Waals surface area contributed by atoms with Gasteiger partial charge in [-0.15, -0.1) is 6.58 Å². The number of carbonyl (C=O) groups is 1. The van der Waals surface area contributed by atoms with E-state index in [1.165, 1.54) is 7.11 Å². The SMILES string of the molecule is C=CCC(COCc1ccccc1)C(=O)OC.CC(CO)(COCc1ccccc1)CC1CO1. The van der Waals surface area contributed by atoms with Gasteiger partial charge in [-0.1, -0.05) is 73.7 Å². The zero-order chi connectivity index (χ0) is 24.7. The molecule has 1 saturated heterocycles. The first-order chi connectivity index (χ1) is 16.5. The van der Waals surface area contributed by atoms with Gasteiger partial charge >= 0.3 is 5.97 Å². The number of aliphatic hydroxyl groups excluding tert-OH is 1. The zero-order valence-corrected chi connectivity index (χ0v) is 20.4. The lowest BCUT2D eigenvalue weighted by Crippen LogP contribution is -2.29. The van der Waals surface area contributed by atoms with E-state index in [1.54, 1.807) is 6.08 Å². The van der Waals surface area contributed by atoms with E-state index >= 15 is 0 Å². The Labute approximate surface area is 203 Å². The molecule has 2 aromatic carbocycles. The van der Waals surface area contributed by atoms with E-state index in [0.717, 1.165) is 24.2 Å². The maximum Gasteiger partial charge on any atom is 0.311 e. The molecule has 1 fully saturated rings. The molecule has 0 spiro atoms. The molecular formula is C28H38O6. The van der Waals surface area contributed by atoms with Gasteiger partial charge in [-0.05, 0) is 24.0 Å². The second-order valence-electron chi connectivity index (χ2n) is 8.85. The van der Waals surface area contributed by atoms with E-state index < -0.39 is 0 Å². The molecule has 0 aliphatic carbocycles. The van der Waals surface area contributed by atoms with Crippen molar-refractivity contribution in [3.8, 4) is 0 Å². The summed E-state index contributed by atoms with van der Waals surface area (Å²) in [6, 6.07) is 19.9. The standard InChI is InChI=1S/C14H20O3.C14H18O3/c1-14(10-15,7-13-9-17-13)11-16-8-12-5-3-2-4-6-12;1-3-7-13(14(15)16-2)11-17-10-12-8-5-4-6-9-12/h2-6,13,15H,7-11H2,1H3;3-6,8-9,13H,1,7,10-11H2,2H3. The molecule has 1 N–H and O–H groups in total. The molecule has 6 nitrogen and oxygen atoms in total. The zero-order valence-electron chi connectivity index (χ0n) is 20.4. The van der Waals surface area contributed by atoms with E-state index in [9.17, 15) is 9.90 Å². The van der Waals surface area contributed by atoms with Gasteiger partial charge in [0.25, 0.3) is 0 Å². The quantitative estimate of drug-likeness (QED) is 0.248. The number of epoxide rings is 1. The third kappa shape index (κ3) is 11.1. The topological polar surface area (TPSA) is 77.5 Å². The number of methoxy groups -OCH3 is 1. The second-order valence-corrected chi connectivity index (χ2v) is 8.85. The van der Waals surface area contributed by atoms with Crippen LogP contribution >= 0.6 is 0 Å². The molecule has 0 bridgehead atoms. The van der Waals surface area contributed by atoms with Crippen molar-refractivity contribution in [2.24, 2.45) is 11.3 Å². The van der Waals surface area contributed by atoms with Crippen LogP contribution in [0.3, 0.4) is 0 Å². The molecule has 0 aromatic heterocycles. The van der Waals surface area contributed by atoms with E-state index in [4.69, 9.17) is 18.9 Å². The number of benzene rings is 2. The third-order valence-electron chi connectivity index (χ3n) is 5.48. The molecule has 3 atom stereocenters. The van der Waals surface area contributed by atoms with Crippen molar-refractivity contribution in [2.75, 3.05) is 33.5 Å². The lowest BCUT2D eigenvalue weighted by molar-refractivity contribution is -0.147. The summed E-state index contributed by atoms with van der Waals surface area (Å²) in [7, 11) is 1.38. The lowest BCUT2D eigenvalue weighted by Gasteiger charge is -2.26. The highest BCUT2D eigenvalue weighted by atomic mass is 16.6. The van der Waals surface area contributed by atoms with Crippen LogP contribution in [0.5, 0.6) is 0 Å². The van der Waals surface area contributed by atoms with Crippen molar-refractivity contribution in [3.05, 3.63) is 84.4 Å². The van der Waals surface area contributed by atoms with Gasteiger partial charge < -0.3 is 24.1 Å². The van der Waals surface area contributed by atoms with E-state index in [-0.39, 0.29) is 23.9 Å². The van der Waals surface area contributed by atoms with Crippen LogP contribution < -0.4 is 0 Å². The first kappa shape index (κ1) is 27.7. The summed E-state index contributed by atoms with van der Waals surface area (Å²) in [5, 5.41) is 9.42. The van der Waals surface area contributed by atoms with E-state index in [1.807, 2.05) is 67.6 Å². The largest absolute Gasteiger partial charge is 0.469 e. The van der Waals surface area contributed by atoms with Gasteiger partial charge in [0.05, 0.1) is 58.8 Å². The summed E-state index contributed by atoms with van der Waals surface area (Å²) < 4.78 is 21.1. The molecule has 6 heteroatoms. The summed E-state index contributed by atoms with van der Waals surface area (Å²) in [6.07, 6.45) is 3.47. The number of hydrogen-bond donors (Lipinski definition) is 1. The molecule has 1 aliphatic heterocycles. The highest BCUT2D eigenvalue weighted by molar-refractivity contribution is 5.72. The fraction of sp³-hybridized carbons (Fsp3) is 0.464. The number of hydrogen-bond acceptors (Lipinski definition) is 6. The maximum atomic E-state index is 11.4. The number of esters is 1. The fourth-order valence-corrected chi connectivity index (χ4v) is 3.39. The molecule has 0 radical (unpaired) electrons. The number of rotatable bonds is 14. The van der Waals surface area contributed by atoms with Crippen molar-refractivity contribution < 1.29 is 28.8 Å². The number of allylic oxidation sites excluding steroid dienone is 1. The molecule has 2 aromatic rings. The normalized spacial score (nSPS) is 17.0. The molecule has 3 rings (SSSR count). The van der Waals surface area contributed by atoms with Crippen LogP contribution in [0, 0.1) is 11.3 Å². The second kappa shape index (κ2) is 15.4. The van der Waals surface area contributed by atoms with Crippen molar-refractivity contribution >= 4 is 5.97 Å². The average molecular weight is 471 g/mol. The maximum absolute atomic E-state index is 11.4. The minimum absolute atomic E-state index is 0.141. The molecule has 186 valence electrons. The molecule has 0 saturated carbocycles. The molecule has 1 aliphatic rings. The number of aliphatic hydroxyl groups is 1. The van der Waals surface area contributed by atoms with Crippen molar-refractivity contribution in [3.63, 3.8) is 0 Å². The van der Waals surface area contributed by atoms with Gasteiger partial charge in [-0.25, -0.2) is 0 Å². The summed E-state index contributed by atoms with van der Waals surface area (Å²) in [5.41, 5.74) is 2.07. The Morgan fingerprint density at radius 1 is 1.12 bits per heavy atom. The van der Waals surface area contributed by atoms with Crippen LogP contribution in [-0.4, -0.2) is 50.7 Å². The fourth-order valence-electron chi connectivity index (χ4n) is 3.39. The number of carbonyl (C=O) groups excluding carboxylic acids is 1. The van der Waals surface area contributed by atoms with Gasteiger partial charge in [0.2, 0.25) is 0 Å². The monoisotopic (exact) mass is 470 g/mol. The predicted molar refractivity (Wildman–Crippen MR) is 132 cm³/mol. The Bertz CT molecular complexity index is 821. The van der Waals surface area contributed by atoms with Crippen LogP contribution in [0.1, 0.15) is 30.9 Å². The lowest BCUT2D eigenvalue weighted by atomic mass is 9.87. The summed E-state index contributed by atoms with van der Waals surface area (Å²) in [6.45, 7) is 8.66. The Kier molecular flexibility index (Phi) is 12.6. The minimum Gasteiger partial charge on any atom is -0.469 e. The van der Waals surface area contributed by atoms with Crippen molar-refractivity contribution in [1.82, 2.24) is 0 Å². The van der Waals surface area contributed by atoms with Gasteiger partial charge in [-0.2, -0.15) is 0 Å². The predicted octanol–water partition coefficient (Wildman–Crippen LogP) is 4.56. The van der Waals surface area contributed by atoms with E-state index in [0.29, 0.717) is 39.0 Å². The van der Waals surface area contributed by atoms with Gasteiger partial charge in [0.15, 0.2) is 0 Å². The van der Waals surface area contributed by atoms with Crippen molar-refractivity contribution in [1.29, 1.82) is 0 Å². The van der Waals surface area contributed by atoms with Crippen LogP contribution in [0.25, 0.3) is 0 Å². The van der Waals surface area contributed by atoms with Crippen LogP contribution in [0.2, 0.25) is 0 Å². The average Bonchev–Trinajstić information content (AvgIpc) is 3.68. The molecule has 0 amide bonds. The highest BCUT2D eigenvalue weighted by Gasteiger charge is 2.34. The smallest absolute Gasteiger partial charge is 0.311 e. The Hall–Kier alpha value is -2.51. The Morgan fingerprint density at radius 2 is 1.68 bits per heavy atom. The summed E-state index contributed by atoms with van der Waals surface area (Å²) >= 11 is 0. The first-order valence-corrected chi connectivity index (χ1v) is 11.6.